The molecule has 7 heteroatoms. The molecule has 20 heavy (non-hydrogen) atoms. The Morgan fingerprint density at radius 1 is 1.00 bits per heavy atom. The molecule has 0 unspecified atom stereocenters. The van der Waals surface area contributed by atoms with Gasteiger partial charge in [0.2, 0.25) is 5.88 Å². The van der Waals surface area contributed by atoms with E-state index in [9.17, 15) is 9.59 Å². The molecule has 0 bridgehead atoms. The van der Waals surface area contributed by atoms with Crippen LogP contribution in [-0.4, -0.2) is 16.8 Å². The minimum Gasteiger partial charge on any atom is -0.436 e. The van der Waals surface area contributed by atoms with Gasteiger partial charge in [0.25, 0.3) is 11.8 Å². The second kappa shape index (κ2) is 5.27. The highest BCUT2D eigenvalue weighted by Gasteiger charge is 2.13. The average molecular weight is 272 g/mol. The minimum absolute atomic E-state index is 0.00533. The third kappa shape index (κ3) is 2.66. The zero-order valence-corrected chi connectivity index (χ0v) is 10.4. The summed E-state index contributed by atoms with van der Waals surface area (Å²) in [6.45, 7) is 0. The van der Waals surface area contributed by atoms with Crippen molar-refractivity contribution in [3.05, 3.63) is 47.7 Å². The number of amides is 2. The van der Waals surface area contributed by atoms with Gasteiger partial charge in [-0.15, -0.1) is 0 Å². The molecule has 1 aromatic carbocycles. The van der Waals surface area contributed by atoms with Gasteiger partial charge < -0.3 is 21.9 Å². The number of benzene rings is 1. The molecule has 0 spiro atoms. The molecule has 2 rings (SSSR count). The van der Waals surface area contributed by atoms with Crippen LogP contribution in [0.25, 0.3) is 0 Å². The smallest absolute Gasteiger partial charge is 0.267 e. The number of carbonyl (C=O) groups excluding carboxylic acids is 2. The SMILES string of the molecule is NC(=O)c1ccc(N)c(Oc2ccccc2C(N)=O)n1. The lowest BCUT2D eigenvalue weighted by Crippen LogP contribution is -2.14. The predicted octanol–water partition coefficient (Wildman–Crippen LogP) is 0.654. The molecule has 7 nitrogen and oxygen atoms in total. The van der Waals surface area contributed by atoms with Gasteiger partial charge in [-0.25, -0.2) is 4.98 Å². The first-order valence-corrected chi connectivity index (χ1v) is 5.62. The number of anilines is 1. The molecular weight excluding hydrogens is 260 g/mol. The number of pyridine rings is 1. The van der Waals surface area contributed by atoms with Gasteiger partial charge in [0.1, 0.15) is 11.4 Å². The van der Waals surface area contributed by atoms with Gasteiger partial charge in [-0.3, -0.25) is 9.59 Å². The number of nitrogens with zero attached hydrogens (tertiary/aromatic N) is 1. The van der Waals surface area contributed by atoms with Crippen molar-refractivity contribution in [2.24, 2.45) is 11.5 Å². The highest BCUT2D eigenvalue weighted by Crippen LogP contribution is 2.27. The fourth-order valence-corrected chi connectivity index (χ4v) is 1.53. The first-order chi connectivity index (χ1) is 9.49. The van der Waals surface area contributed by atoms with Crippen LogP contribution >= 0.6 is 0 Å². The van der Waals surface area contributed by atoms with E-state index in [2.05, 4.69) is 4.98 Å². The van der Waals surface area contributed by atoms with Crippen molar-refractivity contribution in [3.8, 4) is 11.6 Å². The van der Waals surface area contributed by atoms with Crippen LogP contribution in [0.3, 0.4) is 0 Å². The molecule has 0 atom stereocenters. The van der Waals surface area contributed by atoms with Crippen LogP contribution in [0.4, 0.5) is 5.69 Å². The van der Waals surface area contributed by atoms with Gasteiger partial charge in [-0.2, -0.15) is 0 Å². The Kier molecular flexibility index (Phi) is 3.52. The number of rotatable bonds is 4. The number of aromatic nitrogens is 1. The monoisotopic (exact) mass is 272 g/mol. The number of nitrogen functional groups attached to an aromatic ring is 1. The van der Waals surface area contributed by atoms with E-state index in [1.807, 2.05) is 0 Å². The van der Waals surface area contributed by atoms with Crippen LogP contribution < -0.4 is 21.9 Å². The molecule has 102 valence electrons. The fraction of sp³-hybridized carbons (Fsp3) is 0. The van der Waals surface area contributed by atoms with E-state index < -0.39 is 11.8 Å². The summed E-state index contributed by atoms with van der Waals surface area (Å²) in [5.41, 5.74) is 16.5. The Balaban J connectivity index is 2.42. The van der Waals surface area contributed by atoms with Gasteiger partial charge in [-0.05, 0) is 24.3 Å². The van der Waals surface area contributed by atoms with Crippen molar-refractivity contribution in [2.45, 2.75) is 0 Å². The number of para-hydroxylation sites is 1. The van der Waals surface area contributed by atoms with Gasteiger partial charge in [0.05, 0.1) is 11.3 Å². The molecular formula is C13H12N4O3. The van der Waals surface area contributed by atoms with Gasteiger partial charge in [0, 0.05) is 0 Å². The second-order valence-electron chi connectivity index (χ2n) is 3.92. The molecule has 2 amide bonds. The van der Waals surface area contributed by atoms with Gasteiger partial charge in [-0.1, -0.05) is 12.1 Å². The molecule has 0 fully saturated rings. The van der Waals surface area contributed by atoms with E-state index in [1.165, 1.54) is 24.3 Å². The van der Waals surface area contributed by atoms with E-state index in [4.69, 9.17) is 21.9 Å². The molecule has 1 aromatic heterocycles. The lowest BCUT2D eigenvalue weighted by atomic mass is 10.2. The molecule has 0 saturated heterocycles. The van der Waals surface area contributed by atoms with Crippen molar-refractivity contribution in [1.29, 1.82) is 0 Å². The molecule has 2 aromatic rings. The van der Waals surface area contributed by atoms with Crippen molar-refractivity contribution in [2.75, 3.05) is 5.73 Å². The van der Waals surface area contributed by atoms with Gasteiger partial charge in [0.15, 0.2) is 0 Å². The van der Waals surface area contributed by atoms with Crippen molar-refractivity contribution in [3.63, 3.8) is 0 Å². The van der Waals surface area contributed by atoms with Crippen LogP contribution in [0, 0.1) is 0 Å². The Morgan fingerprint density at radius 3 is 2.35 bits per heavy atom. The Bertz CT molecular complexity index is 685. The number of primary amides is 2. The van der Waals surface area contributed by atoms with Crippen molar-refractivity contribution >= 4 is 17.5 Å². The Morgan fingerprint density at radius 2 is 1.70 bits per heavy atom. The molecule has 0 aliphatic carbocycles. The summed E-state index contributed by atoms with van der Waals surface area (Å²) in [6.07, 6.45) is 0. The predicted molar refractivity (Wildman–Crippen MR) is 72.2 cm³/mol. The summed E-state index contributed by atoms with van der Waals surface area (Å²) in [6, 6.07) is 9.17. The maximum atomic E-state index is 11.3. The largest absolute Gasteiger partial charge is 0.436 e. The van der Waals surface area contributed by atoms with Crippen molar-refractivity contribution in [1.82, 2.24) is 4.98 Å². The molecule has 1 heterocycles. The molecule has 0 aliphatic heterocycles. The molecule has 6 N–H and O–H groups in total. The highest BCUT2D eigenvalue weighted by molar-refractivity contribution is 5.95. The van der Waals surface area contributed by atoms with Crippen LogP contribution in [0.5, 0.6) is 11.6 Å². The first-order valence-electron chi connectivity index (χ1n) is 5.62. The maximum absolute atomic E-state index is 11.3. The summed E-state index contributed by atoms with van der Waals surface area (Å²) >= 11 is 0. The summed E-state index contributed by atoms with van der Waals surface area (Å²) in [4.78, 5) is 26.3. The van der Waals surface area contributed by atoms with E-state index in [0.29, 0.717) is 0 Å². The lowest BCUT2D eigenvalue weighted by Gasteiger charge is -2.10. The Hall–Kier alpha value is -3.09. The second-order valence-corrected chi connectivity index (χ2v) is 3.92. The van der Waals surface area contributed by atoms with Gasteiger partial charge >= 0.3 is 0 Å². The third-order valence-electron chi connectivity index (χ3n) is 2.50. The summed E-state index contributed by atoms with van der Waals surface area (Å²) in [5.74, 6) is -1.18. The topological polar surface area (TPSA) is 134 Å². The standard InChI is InChI=1S/C13H12N4O3/c14-8-5-6-9(12(16)19)17-13(8)20-10-4-2-1-3-7(10)11(15)18/h1-6H,14H2,(H2,15,18)(H2,16,19). The Labute approximate surface area is 114 Å². The number of nitrogens with two attached hydrogens (primary N) is 3. The number of ether oxygens (including phenoxy) is 1. The summed E-state index contributed by atoms with van der Waals surface area (Å²) in [5, 5.41) is 0. The molecule has 0 saturated carbocycles. The molecule has 0 aliphatic rings. The average Bonchev–Trinajstić information content (AvgIpc) is 2.41. The zero-order chi connectivity index (χ0) is 14.7. The van der Waals surface area contributed by atoms with Crippen LogP contribution in [-0.2, 0) is 0 Å². The summed E-state index contributed by atoms with van der Waals surface area (Å²) < 4.78 is 5.45. The highest BCUT2D eigenvalue weighted by atomic mass is 16.5. The normalized spacial score (nSPS) is 10.0. The van der Waals surface area contributed by atoms with Crippen LogP contribution in [0.2, 0.25) is 0 Å². The van der Waals surface area contributed by atoms with Crippen molar-refractivity contribution < 1.29 is 14.3 Å². The maximum Gasteiger partial charge on any atom is 0.267 e. The quantitative estimate of drug-likeness (QED) is 0.751. The summed E-state index contributed by atoms with van der Waals surface area (Å²) in [7, 11) is 0. The van der Waals surface area contributed by atoms with E-state index in [-0.39, 0.29) is 28.6 Å². The number of carbonyl (C=O) groups is 2. The third-order valence-corrected chi connectivity index (χ3v) is 2.50. The zero-order valence-electron chi connectivity index (χ0n) is 10.4. The molecule has 0 radical (unpaired) electrons. The van der Waals surface area contributed by atoms with E-state index >= 15 is 0 Å². The van der Waals surface area contributed by atoms with E-state index in [1.54, 1.807) is 12.1 Å². The van der Waals surface area contributed by atoms with Crippen LogP contribution in [0.15, 0.2) is 36.4 Å². The fourth-order valence-electron chi connectivity index (χ4n) is 1.53. The van der Waals surface area contributed by atoms with Crippen LogP contribution in [0.1, 0.15) is 20.8 Å². The minimum atomic E-state index is -0.710. The first kappa shape index (κ1) is 13.3. The number of hydrogen-bond donors (Lipinski definition) is 3. The lowest BCUT2D eigenvalue weighted by molar-refractivity contribution is 0.0986. The number of hydrogen-bond acceptors (Lipinski definition) is 5. The van der Waals surface area contributed by atoms with E-state index in [0.717, 1.165) is 0 Å².